The molecule has 0 unspecified atom stereocenters. The summed E-state index contributed by atoms with van der Waals surface area (Å²) in [5.41, 5.74) is 1.07. The maximum absolute atomic E-state index is 11.0. The fraction of sp³-hybridized carbons (Fsp3) is 0.417. The molecule has 1 aromatic carbocycles. The monoisotopic (exact) mass is 208 g/mol. The van der Waals surface area contributed by atoms with Crippen molar-refractivity contribution in [3.63, 3.8) is 0 Å². The number of para-hydroxylation sites is 1. The van der Waals surface area contributed by atoms with Crippen molar-refractivity contribution in [1.29, 1.82) is 0 Å². The average molecular weight is 208 g/mol. The smallest absolute Gasteiger partial charge is 0.309 e. The number of benzene rings is 1. The Bertz CT molecular complexity index is 320. The predicted molar refractivity (Wildman–Crippen MR) is 57.9 cm³/mol. The molecule has 0 aliphatic carbocycles. The van der Waals surface area contributed by atoms with Crippen LogP contribution in [0.5, 0.6) is 5.75 Å². The SMILES string of the molecule is CCOC(=O)CCOc1ccccc1C. The Kier molecular flexibility index (Phi) is 4.68. The van der Waals surface area contributed by atoms with E-state index < -0.39 is 0 Å². The van der Waals surface area contributed by atoms with Crippen molar-refractivity contribution in [2.75, 3.05) is 13.2 Å². The van der Waals surface area contributed by atoms with Crippen LogP contribution in [-0.4, -0.2) is 19.2 Å². The lowest BCUT2D eigenvalue weighted by atomic mass is 10.2. The first-order valence-electron chi connectivity index (χ1n) is 5.08. The zero-order valence-electron chi connectivity index (χ0n) is 9.16. The first-order chi connectivity index (χ1) is 7.24. The molecule has 0 amide bonds. The number of carbonyl (C=O) groups is 1. The highest BCUT2D eigenvalue weighted by Gasteiger charge is 2.02. The molecule has 1 rings (SSSR count). The summed E-state index contributed by atoms with van der Waals surface area (Å²) in [6.07, 6.45) is 0.294. The van der Waals surface area contributed by atoms with Gasteiger partial charge in [0.1, 0.15) is 5.75 Å². The second-order valence-corrected chi connectivity index (χ2v) is 3.17. The van der Waals surface area contributed by atoms with Gasteiger partial charge in [-0.25, -0.2) is 0 Å². The van der Waals surface area contributed by atoms with Crippen LogP contribution in [0.25, 0.3) is 0 Å². The molecule has 1 aromatic rings. The van der Waals surface area contributed by atoms with E-state index in [-0.39, 0.29) is 5.97 Å². The van der Waals surface area contributed by atoms with E-state index in [4.69, 9.17) is 9.47 Å². The molecule has 0 saturated heterocycles. The van der Waals surface area contributed by atoms with Crippen LogP contribution in [0.1, 0.15) is 18.9 Å². The van der Waals surface area contributed by atoms with Gasteiger partial charge in [0.05, 0.1) is 19.6 Å². The number of ether oxygens (including phenoxy) is 2. The van der Waals surface area contributed by atoms with E-state index in [2.05, 4.69) is 0 Å². The summed E-state index contributed by atoms with van der Waals surface area (Å²) >= 11 is 0. The molecule has 0 aliphatic rings. The Morgan fingerprint density at radius 1 is 1.33 bits per heavy atom. The summed E-state index contributed by atoms with van der Waals surface area (Å²) in [5.74, 6) is 0.605. The highest BCUT2D eigenvalue weighted by Crippen LogP contribution is 2.16. The van der Waals surface area contributed by atoms with Gasteiger partial charge in [0.15, 0.2) is 0 Å². The number of esters is 1. The molecular formula is C12H16O3. The summed E-state index contributed by atoms with van der Waals surface area (Å²) in [7, 11) is 0. The third kappa shape index (κ3) is 4.02. The molecule has 15 heavy (non-hydrogen) atoms. The van der Waals surface area contributed by atoms with Crippen LogP contribution in [0.4, 0.5) is 0 Å². The highest BCUT2D eigenvalue weighted by atomic mass is 16.5. The lowest BCUT2D eigenvalue weighted by Gasteiger charge is -2.07. The van der Waals surface area contributed by atoms with Crippen LogP contribution in [0.3, 0.4) is 0 Å². The molecule has 82 valence electrons. The van der Waals surface area contributed by atoms with E-state index >= 15 is 0 Å². The van der Waals surface area contributed by atoms with Gasteiger partial charge in [-0.2, -0.15) is 0 Å². The first-order valence-corrected chi connectivity index (χ1v) is 5.08. The highest BCUT2D eigenvalue weighted by molar-refractivity contribution is 5.69. The van der Waals surface area contributed by atoms with E-state index in [0.717, 1.165) is 11.3 Å². The topological polar surface area (TPSA) is 35.5 Å². The summed E-state index contributed by atoms with van der Waals surface area (Å²) < 4.78 is 10.2. The Morgan fingerprint density at radius 3 is 2.73 bits per heavy atom. The fourth-order valence-electron chi connectivity index (χ4n) is 1.20. The number of carbonyl (C=O) groups excluding carboxylic acids is 1. The van der Waals surface area contributed by atoms with Crippen LogP contribution in [-0.2, 0) is 9.53 Å². The summed E-state index contributed by atoms with van der Waals surface area (Å²) in [4.78, 5) is 11.0. The van der Waals surface area contributed by atoms with Crippen LogP contribution in [0.2, 0.25) is 0 Å². The van der Waals surface area contributed by atoms with Gasteiger partial charge in [-0.3, -0.25) is 4.79 Å². The first kappa shape index (κ1) is 11.6. The van der Waals surface area contributed by atoms with Crippen LogP contribution in [0.15, 0.2) is 24.3 Å². The lowest BCUT2D eigenvalue weighted by Crippen LogP contribution is -2.09. The maximum Gasteiger partial charge on any atom is 0.309 e. The van der Waals surface area contributed by atoms with Crippen molar-refractivity contribution in [1.82, 2.24) is 0 Å². The van der Waals surface area contributed by atoms with E-state index in [0.29, 0.717) is 19.6 Å². The standard InChI is InChI=1S/C12H16O3/c1-3-14-12(13)8-9-15-11-7-5-4-6-10(11)2/h4-7H,3,8-9H2,1-2H3. The minimum absolute atomic E-state index is 0.217. The Hall–Kier alpha value is -1.51. The van der Waals surface area contributed by atoms with Gasteiger partial charge in [0, 0.05) is 0 Å². The molecule has 0 N–H and O–H groups in total. The van der Waals surface area contributed by atoms with Crippen molar-refractivity contribution < 1.29 is 14.3 Å². The molecular weight excluding hydrogens is 192 g/mol. The molecule has 0 radical (unpaired) electrons. The van der Waals surface area contributed by atoms with Crippen molar-refractivity contribution in [2.45, 2.75) is 20.3 Å². The summed E-state index contributed by atoms with van der Waals surface area (Å²) in [6.45, 7) is 4.55. The van der Waals surface area contributed by atoms with Crippen molar-refractivity contribution in [2.24, 2.45) is 0 Å². The quantitative estimate of drug-likeness (QED) is 0.697. The zero-order chi connectivity index (χ0) is 11.1. The Morgan fingerprint density at radius 2 is 2.07 bits per heavy atom. The molecule has 3 heteroatoms. The third-order valence-corrected chi connectivity index (χ3v) is 1.96. The van der Waals surface area contributed by atoms with E-state index in [1.54, 1.807) is 6.92 Å². The van der Waals surface area contributed by atoms with Crippen LogP contribution < -0.4 is 4.74 Å². The van der Waals surface area contributed by atoms with E-state index in [1.807, 2.05) is 31.2 Å². The lowest BCUT2D eigenvalue weighted by molar-refractivity contribution is -0.143. The molecule has 0 saturated carbocycles. The van der Waals surface area contributed by atoms with E-state index in [1.165, 1.54) is 0 Å². The number of aryl methyl sites for hydroxylation is 1. The Balaban J connectivity index is 2.32. The summed E-state index contributed by atoms with van der Waals surface area (Å²) in [5, 5.41) is 0. The summed E-state index contributed by atoms with van der Waals surface area (Å²) in [6, 6.07) is 7.72. The number of hydrogen-bond donors (Lipinski definition) is 0. The van der Waals surface area contributed by atoms with Crippen LogP contribution in [0, 0.1) is 6.92 Å². The second kappa shape index (κ2) is 6.06. The molecule has 0 aliphatic heterocycles. The van der Waals surface area contributed by atoms with Gasteiger partial charge in [-0.05, 0) is 25.5 Å². The van der Waals surface area contributed by atoms with Gasteiger partial charge in [0.25, 0.3) is 0 Å². The van der Waals surface area contributed by atoms with Crippen molar-refractivity contribution in [3.05, 3.63) is 29.8 Å². The van der Waals surface area contributed by atoms with Crippen molar-refractivity contribution in [3.8, 4) is 5.75 Å². The second-order valence-electron chi connectivity index (χ2n) is 3.17. The normalized spacial score (nSPS) is 9.73. The van der Waals surface area contributed by atoms with Gasteiger partial charge < -0.3 is 9.47 Å². The predicted octanol–water partition coefficient (Wildman–Crippen LogP) is 2.33. The number of rotatable bonds is 5. The van der Waals surface area contributed by atoms with E-state index in [9.17, 15) is 4.79 Å². The molecule has 0 heterocycles. The third-order valence-electron chi connectivity index (χ3n) is 1.96. The maximum atomic E-state index is 11.0. The minimum atomic E-state index is -0.217. The van der Waals surface area contributed by atoms with Gasteiger partial charge in [0.2, 0.25) is 0 Å². The van der Waals surface area contributed by atoms with Gasteiger partial charge >= 0.3 is 5.97 Å². The molecule has 0 spiro atoms. The zero-order valence-corrected chi connectivity index (χ0v) is 9.16. The molecule has 0 fully saturated rings. The van der Waals surface area contributed by atoms with Gasteiger partial charge in [-0.15, -0.1) is 0 Å². The molecule has 0 aromatic heterocycles. The minimum Gasteiger partial charge on any atom is -0.493 e. The molecule has 0 atom stereocenters. The largest absolute Gasteiger partial charge is 0.493 e. The van der Waals surface area contributed by atoms with Gasteiger partial charge in [-0.1, -0.05) is 18.2 Å². The molecule has 0 bridgehead atoms. The average Bonchev–Trinajstić information content (AvgIpc) is 2.21. The molecule has 3 nitrogen and oxygen atoms in total. The van der Waals surface area contributed by atoms with Crippen LogP contribution >= 0.6 is 0 Å². The van der Waals surface area contributed by atoms with Crippen molar-refractivity contribution >= 4 is 5.97 Å². The fourth-order valence-corrected chi connectivity index (χ4v) is 1.20. The Labute approximate surface area is 90.0 Å². The number of hydrogen-bond acceptors (Lipinski definition) is 3.